The van der Waals surface area contributed by atoms with Crippen LogP contribution in [-0.4, -0.2) is 17.4 Å². The summed E-state index contributed by atoms with van der Waals surface area (Å²) in [6.07, 6.45) is 2.61. The summed E-state index contributed by atoms with van der Waals surface area (Å²) in [5.41, 5.74) is 2.78. The number of nitro groups is 1. The molecule has 0 aliphatic heterocycles. The number of nitrogens with two attached hydrogens (primary N) is 1. The van der Waals surface area contributed by atoms with E-state index in [0.717, 1.165) is 18.4 Å². The number of aryl methyl sites for hydroxylation is 1. The fraction of sp³-hybridized carbons (Fsp3) is 0.462. The van der Waals surface area contributed by atoms with Gasteiger partial charge in [-0.05, 0) is 31.7 Å². The van der Waals surface area contributed by atoms with Gasteiger partial charge in [0, 0.05) is 12.5 Å². The van der Waals surface area contributed by atoms with Gasteiger partial charge in [-0.15, -0.1) is 0 Å². The zero-order chi connectivity index (χ0) is 15.0. The number of hydrazine groups is 1. The number of hydrogen-bond donors (Lipinski definition) is 2. The number of nitrogens with zero attached hydrogens (tertiary/aromatic N) is 1. The number of nitro benzene ring substituents is 1. The van der Waals surface area contributed by atoms with Crippen LogP contribution in [0.25, 0.3) is 0 Å². The van der Waals surface area contributed by atoms with E-state index in [9.17, 15) is 14.9 Å². The maximum Gasteiger partial charge on any atom is 0.311 e. The second kappa shape index (κ2) is 8.11. The van der Waals surface area contributed by atoms with Gasteiger partial charge in [-0.1, -0.05) is 12.1 Å². The minimum Gasteiger partial charge on any atom is -0.487 e. The lowest BCUT2D eigenvalue weighted by Gasteiger charge is -2.09. The molecule has 110 valence electrons. The summed E-state index contributed by atoms with van der Waals surface area (Å²) < 4.78 is 5.50. The van der Waals surface area contributed by atoms with Crippen LogP contribution in [-0.2, 0) is 4.79 Å². The summed E-state index contributed by atoms with van der Waals surface area (Å²) >= 11 is 0. The number of hydrogen-bond acceptors (Lipinski definition) is 5. The molecular formula is C13H19N3O4. The summed E-state index contributed by atoms with van der Waals surface area (Å²) in [7, 11) is 0. The average molecular weight is 281 g/mol. The first-order valence-corrected chi connectivity index (χ1v) is 6.42. The molecule has 0 radical (unpaired) electrons. The standard InChI is InChI=1S/C13H19N3O4/c1-10-6-5-7-11(16(18)19)13(10)20-9-4-2-3-8-12(17)15-14/h5-7H,2-4,8-9,14H2,1H3,(H,15,17). The van der Waals surface area contributed by atoms with E-state index in [4.69, 9.17) is 10.6 Å². The van der Waals surface area contributed by atoms with Gasteiger partial charge >= 0.3 is 5.69 Å². The number of carbonyl (C=O) groups is 1. The predicted octanol–water partition coefficient (Wildman–Crippen LogP) is 1.83. The van der Waals surface area contributed by atoms with Gasteiger partial charge in [0.1, 0.15) is 0 Å². The molecule has 0 saturated heterocycles. The Morgan fingerprint density at radius 1 is 1.40 bits per heavy atom. The van der Waals surface area contributed by atoms with Crippen LogP contribution in [0.1, 0.15) is 31.2 Å². The molecule has 7 heteroatoms. The van der Waals surface area contributed by atoms with Crippen LogP contribution in [0.5, 0.6) is 5.75 Å². The van der Waals surface area contributed by atoms with Crippen molar-refractivity contribution in [2.75, 3.05) is 6.61 Å². The summed E-state index contributed by atoms with van der Waals surface area (Å²) in [4.78, 5) is 21.3. The number of benzene rings is 1. The first-order chi connectivity index (χ1) is 9.56. The molecule has 0 unspecified atom stereocenters. The van der Waals surface area contributed by atoms with E-state index in [1.165, 1.54) is 6.07 Å². The van der Waals surface area contributed by atoms with Gasteiger partial charge in [-0.2, -0.15) is 0 Å². The first kappa shape index (κ1) is 15.9. The topological polar surface area (TPSA) is 107 Å². The van der Waals surface area contributed by atoms with Gasteiger partial charge in [-0.3, -0.25) is 20.3 Å². The molecule has 7 nitrogen and oxygen atoms in total. The van der Waals surface area contributed by atoms with Gasteiger partial charge in [0.15, 0.2) is 5.75 Å². The maximum atomic E-state index is 10.9. The van der Waals surface area contributed by atoms with Crippen molar-refractivity contribution in [3.8, 4) is 5.75 Å². The van der Waals surface area contributed by atoms with E-state index in [0.29, 0.717) is 25.2 Å². The van der Waals surface area contributed by atoms with Crippen molar-refractivity contribution in [3.05, 3.63) is 33.9 Å². The van der Waals surface area contributed by atoms with Gasteiger partial charge in [0.05, 0.1) is 11.5 Å². The third kappa shape index (κ3) is 4.85. The van der Waals surface area contributed by atoms with Crippen LogP contribution >= 0.6 is 0 Å². The highest BCUT2D eigenvalue weighted by Crippen LogP contribution is 2.30. The molecule has 0 aliphatic carbocycles. The van der Waals surface area contributed by atoms with Crippen molar-refractivity contribution in [2.24, 2.45) is 5.84 Å². The van der Waals surface area contributed by atoms with Gasteiger partial charge in [0.2, 0.25) is 5.91 Å². The fourth-order valence-corrected chi connectivity index (χ4v) is 1.78. The monoisotopic (exact) mass is 281 g/mol. The zero-order valence-corrected chi connectivity index (χ0v) is 11.4. The van der Waals surface area contributed by atoms with E-state index in [2.05, 4.69) is 5.43 Å². The molecule has 0 saturated carbocycles. The summed E-state index contributed by atoms with van der Waals surface area (Å²) in [6.45, 7) is 2.16. The van der Waals surface area contributed by atoms with Crippen LogP contribution in [0.3, 0.4) is 0 Å². The van der Waals surface area contributed by atoms with E-state index in [-0.39, 0.29) is 11.6 Å². The molecule has 0 bridgehead atoms. The molecule has 0 spiro atoms. The van der Waals surface area contributed by atoms with Crippen molar-refractivity contribution < 1.29 is 14.5 Å². The molecule has 0 heterocycles. The lowest BCUT2D eigenvalue weighted by Crippen LogP contribution is -2.29. The summed E-state index contributed by atoms with van der Waals surface area (Å²) in [6, 6.07) is 4.83. The minimum atomic E-state index is -0.450. The molecule has 20 heavy (non-hydrogen) atoms. The molecule has 1 aromatic carbocycles. The highest BCUT2D eigenvalue weighted by Gasteiger charge is 2.16. The lowest BCUT2D eigenvalue weighted by molar-refractivity contribution is -0.385. The number of ether oxygens (including phenoxy) is 1. The van der Waals surface area contributed by atoms with Gasteiger partial charge in [0.25, 0.3) is 0 Å². The van der Waals surface area contributed by atoms with Gasteiger partial charge in [-0.25, -0.2) is 5.84 Å². The van der Waals surface area contributed by atoms with E-state index in [1.807, 2.05) is 0 Å². The smallest absolute Gasteiger partial charge is 0.311 e. The Hall–Kier alpha value is -2.15. The van der Waals surface area contributed by atoms with Crippen LogP contribution in [0, 0.1) is 17.0 Å². The number of rotatable bonds is 8. The van der Waals surface area contributed by atoms with E-state index >= 15 is 0 Å². The maximum absolute atomic E-state index is 10.9. The Balaban J connectivity index is 2.39. The Kier molecular flexibility index (Phi) is 6.45. The largest absolute Gasteiger partial charge is 0.487 e. The SMILES string of the molecule is Cc1cccc([N+](=O)[O-])c1OCCCCCC(=O)NN. The van der Waals surface area contributed by atoms with Crippen LogP contribution in [0.4, 0.5) is 5.69 Å². The highest BCUT2D eigenvalue weighted by molar-refractivity contribution is 5.75. The molecule has 0 atom stereocenters. The Morgan fingerprint density at radius 2 is 2.15 bits per heavy atom. The van der Waals surface area contributed by atoms with Crippen molar-refractivity contribution in [1.29, 1.82) is 0 Å². The third-order valence-corrected chi connectivity index (χ3v) is 2.84. The van der Waals surface area contributed by atoms with E-state index < -0.39 is 4.92 Å². The molecule has 0 aromatic heterocycles. The molecular weight excluding hydrogens is 262 g/mol. The first-order valence-electron chi connectivity index (χ1n) is 6.42. The van der Waals surface area contributed by atoms with Crippen LogP contribution in [0.15, 0.2) is 18.2 Å². The Morgan fingerprint density at radius 3 is 2.80 bits per heavy atom. The second-order valence-corrected chi connectivity index (χ2v) is 4.41. The molecule has 1 amide bonds. The van der Waals surface area contributed by atoms with Crippen LogP contribution < -0.4 is 16.0 Å². The van der Waals surface area contributed by atoms with Crippen molar-refractivity contribution >= 4 is 11.6 Å². The molecule has 0 aliphatic rings. The summed E-state index contributed by atoms with van der Waals surface area (Å²) in [5, 5.41) is 10.9. The van der Waals surface area contributed by atoms with Crippen molar-refractivity contribution in [1.82, 2.24) is 5.43 Å². The third-order valence-electron chi connectivity index (χ3n) is 2.84. The Labute approximate surface area is 117 Å². The normalized spacial score (nSPS) is 10.1. The minimum absolute atomic E-state index is 0.0208. The molecule has 0 fully saturated rings. The summed E-state index contributed by atoms with van der Waals surface area (Å²) in [5.74, 6) is 5.09. The number of carbonyl (C=O) groups excluding carboxylic acids is 1. The van der Waals surface area contributed by atoms with Gasteiger partial charge < -0.3 is 4.74 Å². The fourth-order valence-electron chi connectivity index (χ4n) is 1.78. The van der Waals surface area contributed by atoms with Crippen LogP contribution in [0.2, 0.25) is 0 Å². The van der Waals surface area contributed by atoms with Crippen molar-refractivity contribution in [3.63, 3.8) is 0 Å². The van der Waals surface area contributed by atoms with E-state index in [1.54, 1.807) is 19.1 Å². The number of unbranched alkanes of at least 4 members (excludes halogenated alkanes) is 2. The second-order valence-electron chi connectivity index (χ2n) is 4.41. The molecule has 1 rings (SSSR count). The quantitative estimate of drug-likeness (QED) is 0.248. The molecule has 1 aromatic rings. The molecule has 3 N–H and O–H groups in total. The average Bonchev–Trinajstić information content (AvgIpc) is 2.43. The Bertz CT molecular complexity index is 477. The highest BCUT2D eigenvalue weighted by atomic mass is 16.6. The zero-order valence-electron chi connectivity index (χ0n) is 11.4. The number of amides is 1. The number of nitrogens with one attached hydrogen (secondary N) is 1. The predicted molar refractivity (Wildman–Crippen MR) is 74.1 cm³/mol. The van der Waals surface area contributed by atoms with Crippen molar-refractivity contribution in [2.45, 2.75) is 32.6 Å². The number of para-hydroxylation sites is 1. The lowest BCUT2D eigenvalue weighted by atomic mass is 10.2.